The number of anilines is 1. The number of benzene rings is 1. The van der Waals surface area contributed by atoms with Gasteiger partial charge in [-0.2, -0.15) is 5.10 Å². The standard InChI is InChI=1S/C20H23N5O2/c1-27-13-18(26)25-11-5-8-17(25)16-10-9-15-19(23-24-20(15)22-16)21-12-14-6-3-2-4-7-14/h2-4,6-7,9-10,17H,5,8,11-13H2,1H3,(H2,21,22,23,24). The number of carbonyl (C=O) groups is 1. The third kappa shape index (κ3) is 3.64. The number of pyridine rings is 1. The lowest BCUT2D eigenvalue weighted by Gasteiger charge is -2.24. The maximum Gasteiger partial charge on any atom is 0.249 e. The van der Waals surface area contributed by atoms with Crippen molar-refractivity contribution in [3.8, 4) is 0 Å². The fraction of sp³-hybridized carbons (Fsp3) is 0.350. The van der Waals surface area contributed by atoms with Gasteiger partial charge in [-0.1, -0.05) is 30.3 Å². The molecule has 140 valence electrons. The number of nitrogens with one attached hydrogen (secondary N) is 2. The highest BCUT2D eigenvalue weighted by Crippen LogP contribution is 2.32. The van der Waals surface area contributed by atoms with Gasteiger partial charge in [-0.3, -0.25) is 9.89 Å². The molecule has 4 rings (SSSR count). The molecule has 1 aliphatic rings. The number of aromatic nitrogens is 3. The quantitative estimate of drug-likeness (QED) is 0.702. The molecule has 1 fully saturated rings. The van der Waals surface area contributed by atoms with Crippen molar-refractivity contribution in [1.29, 1.82) is 0 Å². The van der Waals surface area contributed by atoms with Gasteiger partial charge in [-0.15, -0.1) is 0 Å². The van der Waals surface area contributed by atoms with E-state index in [-0.39, 0.29) is 18.6 Å². The summed E-state index contributed by atoms with van der Waals surface area (Å²) in [4.78, 5) is 18.9. The van der Waals surface area contributed by atoms with E-state index in [2.05, 4.69) is 27.6 Å². The highest BCUT2D eigenvalue weighted by molar-refractivity contribution is 5.87. The fourth-order valence-corrected chi connectivity index (χ4v) is 3.60. The minimum atomic E-state index is 0.000998. The van der Waals surface area contributed by atoms with Crippen molar-refractivity contribution >= 4 is 22.8 Å². The van der Waals surface area contributed by atoms with Crippen LogP contribution in [0.5, 0.6) is 0 Å². The van der Waals surface area contributed by atoms with E-state index in [1.807, 2.05) is 35.2 Å². The van der Waals surface area contributed by atoms with Gasteiger partial charge >= 0.3 is 0 Å². The number of fused-ring (bicyclic) bond motifs is 1. The molecule has 3 aromatic rings. The van der Waals surface area contributed by atoms with Crippen LogP contribution in [0.3, 0.4) is 0 Å². The van der Waals surface area contributed by atoms with Crippen molar-refractivity contribution in [2.24, 2.45) is 0 Å². The number of H-pyrrole nitrogens is 1. The first kappa shape index (κ1) is 17.5. The van der Waals surface area contributed by atoms with Gasteiger partial charge in [0.2, 0.25) is 5.91 Å². The van der Waals surface area contributed by atoms with Crippen molar-refractivity contribution in [1.82, 2.24) is 20.1 Å². The van der Waals surface area contributed by atoms with Gasteiger partial charge in [0.15, 0.2) is 11.5 Å². The first-order valence-corrected chi connectivity index (χ1v) is 9.17. The van der Waals surface area contributed by atoms with E-state index < -0.39 is 0 Å². The van der Waals surface area contributed by atoms with Crippen molar-refractivity contribution in [3.63, 3.8) is 0 Å². The molecule has 0 radical (unpaired) electrons. The third-order valence-corrected chi connectivity index (χ3v) is 4.93. The van der Waals surface area contributed by atoms with Crippen LogP contribution in [0.25, 0.3) is 11.0 Å². The number of likely N-dealkylation sites (tertiary alicyclic amines) is 1. The van der Waals surface area contributed by atoms with Gasteiger partial charge in [0.05, 0.1) is 17.1 Å². The van der Waals surface area contributed by atoms with E-state index in [0.717, 1.165) is 41.9 Å². The van der Waals surface area contributed by atoms with Crippen LogP contribution in [0.1, 0.15) is 30.1 Å². The van der Waals surface area contributed by atoms with E-state index in [4.69, 9.17) is 9.72 Å². The zero-order valence-corrected chi connectivity index (χ0v) is 15.3. The number of methoxy groups -OCH3 is 1. The summed E-state index contributed by atoms with van der Waals surface area (Å²) in [6, 6.07) is 14.2. The highest BCUT2D eigenvalue weighted by Gasteiger charge is 2.31. The Morgan fingerprint density at radius 2 is 2.15 bits per heavy atom. The van der Waals surface area contributed by atoms with Crippen LogP contribution >= 0.6 is 0 Å². The van der Waals surface area contributed by atoms with Gasteiger partial charge in [0.1, 0.15) is 6.61 Å². The zero-order chi connectivity index (χ0) is 18.6. The Hall–Kier alpha value is -2.93. The van der Waals surface area contributed by atoms with E-state index in [1.165, 1.54) is 5.56 Å². The Balaban J connectivity index is 1.52. The normalized spacial score (nSPS) is 16.8. The number of hydrogen-bond acceptors (Lipinski definition) is 5. The molecule has 3 heterocycles. The lowest BCUT2D eigenvalue weighted by molar-refractivity contribution is -0.136. The van der Waals surface area contributed by atoms with Crippen LogP contribution in [-0.2, 0) is 16.1 Å². The summed E-state index contributed by atoms with van der Waals surface area (Å²) in [6.45, 7) is 1.56. The summed E-state index contributed by atoms with van der Waals surface area (Å²) >= 11 is 0. The topological polar surface area (TPSA) is 83.1 Å². The lowest BCUT2D eigenvalue weighted by Crippen LogP contribution is -2.33. The first-order chi connectivity index (χ1) is 13.3. The number of ether oxygens (including phenoxy) is 1. The Labute approximate surface area is 157 Å². The molecule has 1 unspecified atom stereocenters. The zero-order valence-electron chi connectivity index (χ0n) is 15.3. The van der Waals surface area contributed by atoms with Gasteiger partial charge < -0.3 is 15.0 Å². The third-order valence-electron chi connectivity index (χ3n) is 4.93. The molecule has 2 aromatic heterocycles. The Kier molecular flexibility index (Phi) is 5.02. The van der Waals surface area contributed by atoms with Crippen LogP contribution in [0.2, 0.25) is 0 Å². The average molecular weight is 365 g/mol. The van der Waals surface area contributed by atoms with Crippen LogP contribution < -0.4 is 5.32 Å². The molecular weight excluding hydrogens is 342 g/mol. The summed E-state index contributed by atoms with van der Waals surface area (Å²) in [5.74, 6) is 0.795. The maximum atomic E-state index is 12.3. The Morgan fingerprint density at radius 3 is 2.96 bits per heavy atom. The fourth-order valence-electron chi connectivity index (χ4n) is 3.60. The molecule has 2 N–H and O–H groups in total. The van der Waals surface area contributed by atoms with Crippen molar-refractivity contribution in [2.75, 3.05) is 25.6 Å². The van der Waals surface area contributed by atoms with Gasteiger partial charge in [-0.25, -0.2) is 4.98 Å². The highest BCUT2D eigenvalue weighted by atomic mass is 16.5. The number of rotatable bonds is 6. The van der Waals surface area contributed by atoms with Gasteiger partial charge in [0.25, 0.3) is 0 Å². The second kappa shape index (κ2) is 7.75. The number of amides is 1. The minimum absolute atomic E-state index is 0.000998. The van der Waals surface area contributed by atoms with Gasteiger partial charge in [0, 0.05) is 20.2 Å². The minimum Gasteiger partial charge on any atom is -0.375 e. The molecule has 0 bridgehead atoms. The molecule has 7 nitrogen and oxygen atoms in total. The summed E-state index contributed by atoms with van der Waals surface area (Å²) in [7, 11) is 1.54. The summed E-state index contributed by atoms with van der Waals surface area (Å²) in [5.41, 5.74) is 2.81. The maximum absolute atomic E-state index is 12.3. The largest absolute Gasteiger partial charge is 0.375 e. The smallest absolute Gasteiger partial charge is 0.249 e. The number of hydrogen-bond donors (Lipinski definition) is 2. The van der Waals surface area contributed by atoms with Crippen LogP contribution in [-0.4, -0.2) is 46.2 Å². The second-order valence-electron chi connectivity index (χ2n) is 6.72. The summed E-state index contributed by atoms with van der Waals surface area (Å²) in [5, 5.41) is 11.7. The number of aromatic amines is 1. The molecule has 1 saturated heterocycles. The summed E-state index contributed by atoms with van der Waals surface area (Å²) in [6.07, 6.45) is 1.90. The molecule has 0 aliphatic carbocycles. The molecule has 1 aliphatic heterocycles. The average Bonchev–Trinajstić information content (AvgIpc) is 3.34. The van der Waals surface area contributed by atoms with E-state index in [9.17, 15) is 4.79 Å². The Bertz CT molecular complexity index is 925. The first-order valence-electron chi connectivity index (χ1n) is 9.17. The number of carbonyl (C=O) groups excluding carboxylic acids is 1. The van der Waals surface area contributed by atoms with Crippen LogP contribution in [0, 0.1) is 0 Å². The van der Waals surface area contributed by atoms with Crippen molar-refractivity contribution in [2.45, 2.75) is 25.4 Å². The van der Waals surface area contributed by atoms with Crippen LogP contribution in [0.4, 0.5) is 5.82 Å². The second-order valence-corrected chi connectivity index (χ2v) is 6.72. The SMILES string of the molecule is COCC(=O)N1CCCC1c1ccc2c(NCc3ccccc3)n[nH]c2n1. The van der Waals surface area contributed by atoms with E-state index in [1.54, 1.807) is 7.11 Å². The molecule has 1 amide bonds. The molecule has 7 heteroatoms. The monoisotopic (exact) mass is 365 g/mol. The molecule has 27 heavy (non-hydrogen) atoms. The van der Waals surface area contributed by atoms with Crippen molar-refractivity contribution < 1.29 is 9.53 Å². The van der Waals surface area contributed by atoms with E-state index >= 15 is 0 Å². The molecule has 0 spiro atoms. The predicted octanol–water partition coefficient (Wildman–Crippen LogP) is 2.88. The molecular formula is C20H23N5O2. The van der Waals surface area contributed by atoms with Crippen molar-refractivity contribution in [3.05, 3.63) is 53.7 Å². The van der Waals surface area contributed by atoms with E-state index in [0.29, 0.717) is 6.54 Å². The van der Waals surface area contributed by atoms with Crippen LogP contribution in [0.15, 0.2) is 42.5 Å². The Morgan fingerprint density at radius 1 is 1.30 bits per heavy atom. The molecule has 1 aromatic carbocycles. The lowest BCUT2D eigenvalue weighted by atomic mass is 10.1. The van der Waals surface area contributed by atoms with Gasteiger partial charge in [-0.05, 0) is 30.5 Å². The predicted molar refractivity (Wildman–Crippen MR) is 103 cm³/mol. The number of nitrogens with zero attached hydrogens (tertiary/aromatic N) is 3. The molecule has 0 saturated carbocycles. The molecule has 1 atom stereocenters. The summed E-state index contributed by atoms with van der Waals surface area (Å²) < 4.78 is 5.00.